The minimum absolute atomic E-state index is 0.0378. The maximum atomic E-state index is 12.4. The Bertz CT molecular complexity index is 1010. The Balaban J connectivity index is 1.52. The molecule has 5 nitrogen and oxygen atoms in total. The topological polar surface area (TPSA) is 50.4 Å². The number of nitrogens with one attached hydrogen (secondary N) is 1. The van der Waals surface area contributed by atoms with Crippen molar-refractivity contribution in [3.63, 3.8) is 0 Å². The Hall–Kier alpha value is -2.50. The van der Waals surface area contributed by atoms with E-state index >= 15 is 0 Å². The van der Waals surface area contributed by atoms with E-state index in [0.717, 1.165) is 35.9 Å². The Morgan fingerprint density at radius 3 is 2.80 bits per heavy atom. The summed E-state index contributed by atoms with van der Waals surface area (Å²) in [7, 11) is 0. The van der Waals surface area contributed by atoms with E-state index in [1.54, 1.807) is 6.07 Å². The lowest BCUT2D eigenvalue weighted by Crippen LogP contribution is -2.38. The molecule has 0 spiro atoms. The molecule has 0 fully saturated rings. The normalized spacial score (nSPS) is 16.6. The van der Waals surface area contributed by atoms with E-state index in [4.69, 9.17) is 16.0 Å². The van der Waals surface area contributed by atoms with Crippen molar-refractivity contribution in [2.45, 2.75) is 39.4 Å². The van der Waals surface area contributed by atoms with Crippen molar-refractivity contribution in [3.05, 3.63) is 82.5 Å². The van der Waals surface area contributed by atoms with Gasteiger partial charge in [-0.1, -0.05) is 43.6 Å². The van der Waals surface area contributed by atoms with Crippen LogP contribution in [-0.2, 0) is 13.1 Å². The lowest BCUT2D eigenvalue weighted by molar-refractivity contribution is 0.0917. The molecule has 4 rings (SSSR count). The number of aromatic nitrogens is 1. The highest BCUT2D eigenvalue weighted by molar-refractivity contribution is 6.31. The van der Waals surface area contributed by atoms with E-state index in [1.165, 1.54) is 5.69 Å². The number of furan rings is 1. The zero-order valence-corrected chi connectivity index (χ0v) is 18.2. The van der Waals surface area contributed by atoms with E-state index in [2.05, 4.69) is 53.0 Å². The Labute approximate surface area is 182 Å². The van der Waals surface area contributed by atoms with Gasteiger partial charge < -0.3 is 14.3 Å². The molecule has 6 heteroatoms. The predicted molar refractivity (Wildman–Crippen MR) is 119 cm³/mol. The summed E-state index contributed by atoms with van der Waals surface area (Å²) < 4.78 is 8.17. The van der Waals surface area contributed by atoms with Gasteiger partial charge in [0.15, 0.2) is 5.76 Å². The number of rotatable bonds is 7. The Morgan fingerprint density at radius 2 is 2.00 bits per heavy atom. The zero-order valence-electron chi connectivity index (χ0n) is 17.5. The molecule has 30 heavy (non-hydrogen) atoms. The first-order chi connectivity index (χ1) is 14.5. The molecule has 158 valence electrons. The lowest BCUT2D eigenvalue weighted by atomic mass is 9.99. The van der Waals surface area contributed by atoms with Crippen LogP contribution in [0.25, 0.3) is 0 Å². The third-order valence-electron chi connectivity index (χ3n) is 5.59. The number of hydrogen-bond acceptors (Lipinski definition) is 3. The quantitative estimate of drug-likeness (QED) is 0.571. The molecule has 1 aromatic carbocycles. The lowest BCUT2D eigenvalue weighted by Gasteiger charge is -2.37. The molecule has 3 heterocycles. The van der Waals surface area contributed by atoms with Gasteiger partial charge in [-0.3, -0.25) is 9.69 Å². The molecule has 1 atom stereocenters. The van der Waals surface area contributed by atoms with Crippen molar-refractivity contribution in [1.29, 1.82) is 0 Å². The molecule has 3 aromatic rings. The summed E-state index contributed by atoms with van der Waals surface area (Å²) in [5.74, 6) is 1.54. The highest BCUT2D eigenvalue weighted by Crippen LogP contribution is 2.36. The maximum Gasteiger partial charge on any atom is 0.286 e. The van der Waals surface area contributed by atoms with Crippen molar-refractivity contribution in [3.8, 4) is 0 Å². The molecule has 0 saturated heterocycles. The fraction of sp³-hybridized carbons (Fsp3) is 0.375. The van der Waals surface area contributed by atoms with Crippen molar-refractivity contribution in [2.75, 3.05) is 13.1 Å². The fourth-order valence-electron chi connectivity index (χ4n) is 4.00. The van der Waals surface area contributed by atoms with Gasteiger partial charge in [-0.25, -0.2) is 0 Å². The van der Waals surface area contributed by atoms with E-state index in [9.17, 15) is 4.79 Å². The van der Waals surface area contributed by atoms with E-state index in [-0.39, 0.29) is 11.9 Å². The molecule has 1 aliphatic heterocycles. The number of fused-ring (bicyclic) bond motifs is 1. The van der Waals surface area contributed by atoms with Gasteiger partial charge in [0.2, 0.25) is 0 Å². The minimum atomic E-state index is -0.155. The number of benzene rings is 1. The van der Waals surface area contributed by atoms with Crippen LogP contribution in [0.2, 0.25) is 5.02 Å². The van der Waals surface area contributed by atoms with Crippen LogP contribution in [0.1, 0.15) is 53.9 Å². The van der Waals surface area contributed by atoms with Crippen LogP contribution >= 0.6 is 11.6 Å². The largest absolute Gasteiger partial charge is 0.455 e. The van der Waals surface area contributed by atoms with Crippen molar-refractivity contribution in [2.24, 2.45) is 5.92 Å². The molecule has 1 aliphatic rings. The molecule has 0 saturated carbocycles. The number of carbonyl (C=O) groups is 1. The Kier molecular flexibility index (Phi) is 6.30. The van der Waals surface area contributed by atoms with Crippen molar-refractivity contribution < 1.29 is 9.21 Å². The molecule has 1 amide bonds. The monoisotopic (exact) mass is 425 g/mol. The first-order valence-corrected chi connectivity index (χ1v) is 10.9. The second-order valence-electron chi connectivity index (χ2n) is 8.23. The summed E-state index contributed by atoms with van der Waals surface area (Å²) in [6, 6.07) is 15.9. The zero-order chi connectivity index (χ0) is 21.1. The molecule has 1 unspecified atom stereocenters. The average Bonchev–Trinajstić information content (AvgIpc) is 3.38. The van der Waals surface area contributed by atoms with Gasteiger partial charge in [0.05, 0.1) is 12.6 Å². The van der Waals surface area contributed by atoms with Crippen LogP contribution in [0.4, 0.5) is 0 Å². The summed E-state index contributed by atoms with van der Waals surface area (Å²) in [4.78, 5) is 14.7. The first-order valence-electron chi connectivity index (χ1n) is 10.5. The van der Waals surface area contributed by atoms with Gasteiger partial charge in [-0.15, -0.1) is 0 Å². The summed E-state index contributed by atoms with van der Waals surface area (Å²) in [6.07, 6.45) is 3.06. The summed E-state index contributed by atoms with van der Waals surface area (Å²) in [6.45, 7) is 7.33. The first kappa shape index (κ1) is 20.8. The Morgan fingerprint density at radius 1 is 1.17 bits per heavy atom. The van der Waals surface area contributed by atoms with Crippen LogP contribution < -0.4 is 5.32 Å². The van der Waals surface area contributed by atoms with Crippen molar-refractivity contribution in [1.82, 2.24) is 14.8 Å². The SMILES string of the molecule is CC(C)CCNC(=O)c1ccc(CN2CCn3cccc3C2c2ccccc2Cl)o1. The number of amides is 1. The molecule has 0 bridgehead atoms. The van der Waals surface area contributed by atoms with Gasteiger partial charge >= 0.3 is 0 Å². The molecule has 0 radical (unpaired) electrons. The van der Waals surface area contributed by atoms with Gasteiger partial charge in [-0.2, -0.15) is 0 Å². The number of carbonyl (C=O) groups excluding carboxylic acids is 1. The predicted octanol–water partition coefficient (Wildman–Crippen LogP) is 5.12. The fourth-order valence-corrected chi connectivity index (χ4v) is 4.24. The van der Waals surface area contributed by atoms with Gasteiger partial charge in [0, 0.05) is 36.5 Å². The smallest absolute Gasteiger partial charge is 0.286 e. The van der Waals surface area contributed by atoms with Crippen LogP contribution in [0.15, 0.2) is 59.1 Å². The number of halogens is 1. The van der Waals surface area contributed by atoms with E-state index in [1.807, 2.05) is 24.3 Å². The molecule has 1 N–H and O–H groups in total. The highest BCUT2D eigenvalue weighted by atomic mass is 35.5. The third kappa shape index (κ3) is 4.47. The molecular formula is C24H28ClN3O2. The molecule has 2 aromatic heterocycles. The number of hydrogen-bond donors (Lipinski definition) is 1. The third-order valence-corrected chi connectivity index (χ3v) is 5.93. The molecule has 0 aliphatic carbocycles. The maximum absolute atomic E-state index is 12.4. The minimum Gasteiger partial charge on any atom is -0.455 e. The van der Waals surface area contributed by atoms with Gasteiger partial charge in [0.25, 0.3) is 5.91 Å². The standard InChI is InChI=1S/C24H28ClN3O2/c1-17(2)11-12-26-24(29)22-10-9-18(30-22)16-28-15-14-27-13-5-8-21(27)23(28)19-6-3-4-7-20(19)25/h3-10,13,17,23H,11-12,14-16H2,1-2H3,(H,26,29). The second kappa shape index (κ2) is 9.11. The summed E-state index contributed by atoms with van der Waals surface area (Å²) >= 11 is 6.56. The summed E-state index contributed by atoms with van der Waals surface area (Å²) in [5, 5.41) is 3.69. The van der Waals surface area contributed by atoms with E-state index < -0.39 is 0 Å². The van der Waals surface area contributed by atoms with E-state index in [0.29, 0.717) is 24.8 Å². The van der Waals surface area contributed by atoms with Gasteiger partial charge in [0.1, 0.15) is 5.76 Å². The van der Waals surface area contributed by atoms with Crippen molar-refractivity contribution >= 4 is 17.5 Å². The van der Waals surface area contributed by atoms with Crippen LogP contribution in [0.5, 0.6) is 0 Å². The second-order valence-corrected chi connectivity index (χ2v) is 8.63. The van der Waals surface area contributed by atoms with Gasteiger partial charge in [-0.05, 0) is 48.2 Å². The molecular weight excluding hydrogens is 398 g/mol. The van der Waals surface area contributed by atoms with Crippen LogP contribution in [-0.4, -0.2) is 28.5 Å². The summed E-state index contributed by atoms with van der Waals surface area (Å²) in [5.41, 5.74) is 2.30. The van der Waals surface area contributed by atoms with Crippen LogP contribution in [0.3, 0.4) is 0 Å². The average molecular weight is 426 g/mol. The highest BCUT2D eigenvalue weighted by Gasteiger charge is 2.30. The number of nitrogens with zero attached hydrogens (tertiary/aromatic N) is 2. The van der Waals surface area contributed by atoms with Crippen LogP contribution in [0, 0.1) is 5.92 Å².